The number of aromatic nitrogens is 2. The van der Waals surface area contributed by atoms with Crippen LogP contribution in [0.2, 0.25) is 0 Å². The monoisotopic (exact) mass is 350 g/mol. The number of methoxy groups -OCH3 is 1. The maximum absolute atomic E-state index is 12.1. The number of hydrogen-bond acceptors (Lipinski definition) is 5. The number of nitrogens with one attached hydrogen (secondary N) is 1. The summed E-state index contributed by atoms with van der Waals surface area (Å²) in [7, 11) is 1.56. The van der Waals surface area contributed by atoms with Crippen molar-refractivity contribution in [2.75, 3.05) is 7.11 Å². The number of nitrogens with zero attached hydrogens (tertiary/aromatic N) is 1. The van der Waals surface area contributed by atoms with Crippen molar-refractivity contribution in [1.29, 1.82) is 0 Å². The molecule has 0 fully saturated rings. The molecule has 132 valence electrons. The number of fused-ring (bicyclic) bond motifs is 1. The highest BCUT2D eigenvalue weighted by Crippen LogP contribution is 2.19. The van der Waals surface area contributed by atoms with Crippen LogP contribution in [0.5, 0.6) is 5.75 Å². The van der Waals surface area contributed by atoms with E-state index in [0.717, 1.165) is 5.56 Å². The summed E-state index contributed by atoms with van der Waals surface area (Å²) in [5.74, 6) is 0.414. The van der Waals surface area contributed by atoms with Gasteiger partial charge in [0.05, 0.1) is 18.0 Å². The molecule has 0 bridgehead atoms. The summed E-state index contributed by atoms with van der Waals surface area (Å²) in [4.78, 5) is 31.2. The van der Waals surface area contributed by atoms with Crippen LogP contribution in [0.4, 0.5) is 0 Å². The lowest BCUT2D eigenvalue weighted by molar-refractivity contribution is -0.142. The molecular weight excluding hydrogens is 332 g/mol. The molecule has 0 unspecified atom stereocenters. The zero-order chi connectivity index (χ0) is 18.5. The number of hydrogen-bond donors (Lipinski definition) is 1. The second kappa shape index (κ2) is 7.65. The fourth-order valence-electron chi connectivity index (χ4n) is 2.53. The number of benzene rings is 2. The van der Waals surface area contributed by atoms with Gasteiger partial charge in [-0.2, -0.15) is 0 Å². The van der Waals surface area contributed by atoms with Crippen molar-refractivity contribution in [2.45, 2.75) is 13.0 Å². The van der Waals surface area contributed by atoms with E-state index >= 15 is 0 Å². The highest BCUT2D eigenvalue weighted by atomic mass is 16.5. The Morgan fingerprint density at radius 3 is 2.69 bits per heavy atom. The normalized spacial score (nSPS) is 12.2. The van der Waals surface area contributed by atoms with Crippen molar-refractivity contribution in [3.63, 3.8) is 0 Å². The van der Waals surface area contributed by atoms with Crippen LogP contribution in [-0.4, -0.2) is 23.0 Å². The molecule has 0 saturated carbocycles. The van der Waals surface area contributed by atoms with Crippen molar-refractivity contribution in [2.24, 2.45) is 0 Å². The van der Waals surface area contributed by atoms with Crippen LogP contribution in [0.3, 0.4) is 0 Å². The molecule has 3 rings (SSSR count). The van der Waals surface area contributed by atoms with E-state index in [1.807, 2.05) is 18.2 Å². The van der Waals surface area contributed by atoms with Gasteiger partial charge in [-0.15, -0.1) is 0 Å². The first kappa shape index (κ1) is 17.4. The number of carbonyl (C=O) groups is 1. The van der Waals surface area contributed by atoms with Crippen molar-refractivity contribution in [3.05, 3.63) is 76.3 Å². The summed E-state index contributed by atoms with van der Waals surface area (Å²) in [6.07, 6.45) is 2.24. The van der Waals surface area contributed by atoms with Crippen LogP contribution in [0, 0.1) is 0 Å². The Hall–Kier alpha value is -3.41. The summed E-state index contributed by atoms with van der Waals surface area (Å²) in [6.45, 7) is 1.65. The fourth-order valence-corrected chi connectivity index (χ4v) is 2.53. The van der Waals surface area contributed by atoms with E-state index in [9.17, 15) is 9.59 Å². The molecule has 2 aromatic carbocycles. The van der Waals surface area contributed by atoms with Crippen molar-refractivity contribution < 1.29 is 14.3 Å². The van der Waals surface area contributed by atoms with Crippen LogP contribution in [0.25, 0.3) is 17.0 Å². The van der Waals surface area contributed by atoms with E-state index in [1.165, 1.54) is 6.08 Å². The van der Waals surface area contributed by atoms with Crippen LogP contribution < -0.4 is 10.3 Å². The van der Waals surface area contributed by atoms with Gasteiger partial charge in [-0.25, -0.2) is 9.78 Å². The molecule has 6 nitrogen and oxygen atoms in total. The molecule has 1 heterocycles. The molecule has 6 heteroatoms. The van der Waals surface area contributed by atoms with Gasteiger partial charge in [0, 0.05) is 11.6 Å². The van der Waals surface area contributed by atoms with Crippen molar-refractivity contribution in [3.8, 4) is 5.75 Å². The van der Waals surface area contributed by atoms with Crippen LogP contribution in [0.1, 0.15) is 24.4 Å². The maximum atomic E-state index is 12.1. The van der Waals surface area contributed by atoms with Gasteiger partial charge in [0.15, 0.2) is 11.9 Å². The Morgan fingerprint density at radius 2 is 1.88 bits per heavy atom. The first-order valence-corrected chi connectivity index (χ1v) is 8.09. The van der Waals surface area contributed by atoms with Crippen LogP contribution in [0.15, 0.2) is 59.4 Å². The highest BCUT2D eigenvalue weighted by molar-refractivity contribution is 5.87. The summed E-state index contributed by atoms with van der Waals surface area (Å²) in [5, 5.41) is 0.492. The Balaban J connectivity index is 1.75. The molecule has 1 atom stereocenters. The third-order valence-electron chi connectivity index (χ3n) is 3.85. The molecule has 26 heavy (non-hydrogen) atoms. The Labute approximate surface area is 150 Å². The minimum atomic E-state index is -0.692. The standard InChI is InChI=1S/C20H18N2O4/c1-13(19-21-16-9-5-4-8-15(16)20(24)22-19)26-18(23)12-11-14-7-3-6-10-17(14)25-2/h3-13H,1-2H3,(H,21,22,24)/b12-11+/t13-/m1/s1. The van der Waals surface area contributed by atoms with E-state index in [-0.39, 0.29) is 5.56 Å². The topological polar surface area (TPSA) is 81.3 Å². The lowest BCUT2D eigenvalue weighted by Crippen LogP contribution is -2.16. The fraction of sp³-hybridized carbons (Fsp3) is 0.150. The average molecular weight is 350 g/mol. The molecule has 0 spiro atoms. The maximum Gasteiger partial charge on any atom is 0.331 e. The molecule has 3 aromatic rings. The predicted molar refractivity (Wildman–Crippen MR) is 98.9 cm³/mol. The molecule has 0 amide bonds. The molecule has 0 aliphatic carbocycles. The number of H-pyrrole nitrogens is 1. The van der Waals surface area contributed by atoms with E-state index in [1.54, 1.807) is 50.4 Å². The smallest absolute Gasteiger partial charge is 0.331 e. The number of esters is 1. The van der Waals surface area contributed by atoms with E-state index in [0.29, 0.717) is 22.5 Å². The quantitative estimate of drug-likeness (QED) is 0.564. The van der Waals surface area contributed by atoms with Gasteiger partial charge in [-0.3, -0.25) is 4.79 Å². The Bertz CT molecular complexity index is 1020. The number of aromatic amines is 1. The molecule has 0 saturated heterocycles. The SMILES string of the molecule is COc1ccccc1/C=C/C(=O)O[C@H](C)c1nc2ccccc2c(=O)[nH]1. The lowest BCUT2D eigenvalue weighted by Gasteiger charge is -2.11. The number of rotatable bonds is 5. The number of para-hydroxylation sites is 2. The van der Waals surface area contributed by atoms with Gasteiger partial charge in [0.25, 0.3) is 5.56 Å². The predicted octanol–water partition coefficient (Wildman–Crippen LogP) is 3.25. The molecule has 0 radical (unpaired) electrons. The zero-order valence-corrected chi connectivity index (χ0v) is 14.4. The van der Waals surface area contributed by atoms with Gasteiger partial charge >= 0.3 is 5.97 Å². The second-order valence-corrected chi connectivity index (χ2v) is 5.62. The highest BCUT2D eigenvalue weighted by Gasteiger charge is 2.14. The van der Waals surface area contributed by atoms with Gasteiger partial charge in [-0.05, 0) is 31.2 Å². The average Bonchev–Trinajstić information content (AvgIpc) is 2.66. The minimum Gasteiger partial charge on any atom is -0.496 e. The van der Waals surface area contributed by atoms with E-state index < -0.39 is 12.1 Å². The second-order valence-electron chi connectivity index (χ2n) is 5.62. The van der Waals surface area contributed by atoms with Gasteiger partial charge in [0.2, 0.25) is 0 Å². The van der Waals surface area contributed by atoms with E-state index in [2.05, 4.69) is 9.97 Å². The molecule has 0 aliphatic rings. The molecule has 1 aromatic heterocycles. The summed E-state index contributed by atoms with van der Waals surface area (Å²) < 4.78 is 10.6. The molecule has 0 aliphatic heterocycles. The third kappa shape index (κ3) is 3.80. The molecular formula is C20H18N2O4. The lowest BCUT2D eigenvalue weighted by atomic mass is 10.2. The largest absolute Gasteiger partial charge is 0.496 e. The molecule has 1 N–H and O–H groups in total. The zero-order valence-electron chi connectivity index (χ0n) is 14.4. The van der Waals surface area contributed by atoms with Gasteiger partial charge < -0.3 is 14.5 Å². The summed E-state index contributed by atoms with van der Waals surface area (Å²) >= 11 is 0. The van der Waals surface area contributed by atoms with Crippen molar-refractivity contribution in [1.82, 2.24) is 9.97 Å². The van der Waals surface area contributed by atoms with E-state index in [4.69, 9.17) is 9.47 Å². The van der Waals surface area contributed by atoms with Crippen molar-refractivity contribution >= 4 is 22.9 Å². The van der Waals surface area contributed by atoms with Gasteiger partial charge in [0.1, 0.15) is 5.75 Å². The Morgan fingerprint density at radius 1 is 1.15 bits per heavy atom. The van der Waals surface area contributed by atoms with Gasteiger partial charge in [-0.1, -0.05) is 30.3 Å². The first-order valence-electron chi connectivity index (χ1n) is 8.09. The minimum absolute atomic E-state index is 0.266. The third-order valence-corrected chi connectivity index (χ3v) is 3.85. The summed E-state index contributed by atoms with van der Waals surface area (Å²) in [5.41, 5.74) is 1.05. The summed E-state index contributed by atoms with van der Waals surface area (Å²) in [6, 6.07) is 14.3. The first-order chi connectivity index (χ1) is 12.6. The number of ether oxygens (including phenoxy) is 2. The van der Waals surface area contributed by atoms with Crippen LogP contribution >= 0.6 is 0 Å². The number of carbonyl (C=O) groups excluding carboxylic acids is 1. The van der Waals surface area contributed by atoms with Crippen LogP contribution in [-0.2, 0) is 9.53 Å². The Kier molecular flexibility index (Phi) is 5.12.